The third kappa shape index (κ3) is 9.77. The van der Waals surface area contributed by atoms with Gasteiger partial charge in [-0.05, 0) is 92.7 Å². The van der Waals surface area contributed by atoms with E-state index in [0.29, 0.717) is 75.9 Å². The number of phenols is 2. The molecule has 12 nitrogen and oxygen atoms in total. The predicted octanol–water partition coefficient (Wildman–Crippen LogP) is 6.45. The van der Waals surface area contributed by atoms with Gasteiger partial charge in [0.25, 0.3) is 5.56 Å². The zero-order valence-corrected chi connectivity index (χ0v) is 33.4. The second kappa shape index (κ2) is 18.3. The molecule has 304 valence electrons. The first-order chi connectivity index (χ1) is 27.3. The molecular formula is C45H55N3O9. The summed E-state index contributed by atoms with van der Waals surface area (Å²) in [5.41, 5.74) is 1.53. The van der Waals surface area contributed by atoms with Gasteiger partial charge in [0.1, 0.15) is 34.6 Å². The summed E-state index contributed by atoms with van der Waals surface area (Å²) in [4.78, 5) is 69.0. The monoisotopic (exact) mass is 781 g/mol. The number of carbonyl (C=O) groups is 4. The van der Waals surface area contributed by atoms with Crippen molar-refractivity contribution < 1.29 is 38.9 Å². The van der Waals surface area contributed by atoms with Crippen LogP contribution in [0.2, 0.25) is 0 Å². The molecule has 2 unspecified atom stereocenters. The molecule has 57 heavy (non-hydrogen) atoms. The Morgan fingerprint density at radius 2 is 1.75 bits per heavy atom. The fourth-order valence-corrected chi connectivity index (χ4v) is 8.67. The second-order valence-electron chi connectivity index (χ2n) is 16.3. The number of fused-ring (bicyclic) bond motifs is 5. The molecule has 2 aromatic carbocycles. The second-order valence-corrected chi connectivity index (χ2v) is 16.3. The van der Waals surface area contributed by atoms with E-state index in [2.05, 4.69) is 5.32 Å². The summed E-state index contributed by atoms with van der Waals surface area (Å²) in [5, 5.41) is 26.6. The lowest BCUT2D eigenvalue weighted by Gasteiger charge is -2.43. The smallest absolute Gasteiger partial charge is 0.342 e. The number of ketones is 1. The number of carbonyl (C=O) groups excluding carboxylic acids is 4. The van der Waals surface area contributed by atoms with Crippen LogP contribution in [-0.2, 0) is 25.7 Å². The number of benzene rings is 2. The molecule has 2 bridgehead atoms. The molecule has 0 aliphatic carbocycles. The Balaban J connectivity index is 1.31. The highest BCUT2D eigenvalue weighted by Gasteiger charge is 2.39. The van der Waals surface area contributed by atoms with Crippen molar-refractivity contribution in [1.29, 1.82) is 0 Å². The van der Waals surface area contributed by atoms with Crippen LogP contribution in [0.4, 0.5) is 0 Å². The van der Waals surface area contributed by atoms with E-state index in [9.17, 15) is 34.2 Å². The summed E-state index contributed by atoms with van der Waals surface area (Å²) in [6, 6.07) is 12.7. The van der Waals surface area contributed by atoms with E-state index in [1.807, 2.05) is 29.4 Å². The summed E-state index contributed by atoms with van der Waals surface area (Å²) in [6.45, 7) is 7.16. The normalized spacial score (nSPS) is 21.6. The first-order valence-corrected chi connectivity index (χ1v) is 20.2. The van der Waals surface area contributed by atoms with Crippen LogP contribution in [0, 0.1) is 11.8 Å². The van der Waals surface area contributed by atoms with Crippen LogP contribution in [0.25, 0.3) is 6.08 Å². The number of cyclic esters (lactones) is 1. The summed E-state index contributed by atoms with van der Waals surface area (Å²) in [5.74, 6) is -2.32. The van der Waals surface area contributed by atoms with E-state index in [-0.39, 0.29) is 63.9 Å². The van der Waals surface area contributed by atoms with Crippen molar-refractivity contribution in [2.24, 2.45) is 11.8 Å². The number of hydrogen-bond acceptors (Lipinski definition) is 9. The Hall–Kier alpha value is -5.39. The number of allylic oxidation sites excluding steroid dienone is 1. The maximum atomic E-state index is 14.3. The van der Waals surface area contributed by atoms with Crippen molar-refractivity contribution in [1.82, 2.24) is 14.8 Å². The molecule has 3 aliphatic heterocycles. The number of Topliss-reactive ketones (excluding diaryl/α,β-unsaturated/α-hetero) is 1. The quantitative estimate of drug-likeness (QED) is 0.207. The fraction of sp³-hybridized carbons (Fsp3) is 0.489. The van der Waals surface area contributed by atoms with Crippen molar-refractivity contribution >= 4 is 29.6 Å². The van der Waals surface area contributed by atoms with E-state index in [4.69, 9.17) is 9.47 Å². The number of methoxy groups -OCH3 is 1. The van der Waals surface area contributed by atoms with Crippen LogP contribution >= 0.6 is 0 Å². The summed E-state index contributed by atoms with van der Waals surface area (Å²) < 4.78 is 13.0. The number of nitrogens with zero attached hydrogens (tertiary/aromatic N) is 2. The minimum Gasteiger partial charge on any atom is -0.507 e. The number of likely N-dealkylation sites (tertiary alicyclic amines) is 1. The molecule has 2 amide bonds. The van der Waals surface area contributed by atoms with Crippen molar-refractivity contribution in [2.45, 2.75) is 109 Å². The summed E-state index contributed by atoms with van der Waals surface area (Å²) >= 11 is 0. The average molecular weight is 782 g/mol. The number of aromatic hydroxyl groups is 2. The number of phenolic OH excluding ortho intramolecular Hbond substituents is 2. The molecular weight excluding hydrogens is 727 g/mol. The minimum absolute atomic E-state index is 0.0128. The molecule has 3 aromatic rings. The Morgan fingerprint density at radius 3 is 2.49 bits per heavy atom. The van der Waals surface area contributed by atoms with Crippen LogP contribution < -0.4 is 15.6 Å². The Morgan fingerprint density at radius 1 is 1.00 bits per heavy atom. The maximum absolute atomic E-state index is 14.3. The number of piperidine rings is 1. The molecule has 1 aromatic heterocycles. The molecule has 4 heterocycles. The molecule has 12 heteroatoms. The highest BCUT2D eigenvalue weighted by atomic mass is 16.5. The molecule has 0 spiro atoms. The van der Waals surface area contributed by atoms with E-state index in [0.717, 1.165) is 12.1 Å². The summed E-state index contributed by atoms with van der Waals surface area (Å²) in [7, 11) is 1.53. The molecule has 5 atom stereocenters. The zero-order valence-electron chi connectivity index (χ0n) is 33.4. The number of esters is 1. The van der Waals surface area contributed by atoms with Gasteiger partial charge in [0.2, 0.25) is 11.8 Å². The predicted molar refractivity (Wildman–Crippen MR) is 215 cm³/mol. The van der Waals surface area contributed by atoms with Gasteiger partial charge in [0.05, 0.1) is 13.2 Å². The average Bonchev–Trinajstić information content (AvgIpc) is 3.16. The van der Waals surface area contributed by atoms with Crippen LogP contribution in [0.3, 0.4) is 0 Å². The number of ether oxygens (including phenoxy) is 2. The number of hydrogen-bond donors (Lipinski definition) is 3. The molecule has 3 aliphatic rings. The lowest BCUT2D eigenvalue weighted by Crippen LogP contribution is -2.55. The van der Waals surface area contributed by atoms with Crippen molar-refractivity contribution in [3.05, 3.63) is 92.9 Å². The van der Waals surface area contributed by atoms with E-state index in [1.165, 1.54) is 13.2 Å². The highest BCUT2D eigenvalue weighted by molar-refractivity contribution is 5.98. The van der Waals surface area contributed by atoms with Crippen molar-refractivity contribution in [3.8, 4) is 17.2 Å². The Labute approximate surface area is 333 Å². The fourth-order valence-electron chi connectivity index (χ4n) is 8.67. The Kier molecular flexibility index (Phi) is 13.2. The van der Waals surface area contributed by atoms with E-state index in [1.54, 1.807) is 55.5 Å². The van der Waals surface area contributed by atoms with Gasteiger partial charge in [0.15, 0.2) is 0 Å². The third-order valence-corrected chi connectivity index (χ3v) is 11.4. The number of amides is 2. The first-order valence-electron chi connectivity index (χ1n) is 20.2. The van der Waals surface area contributed by atoms with Gasteiger partial charge in [-0.15, -0.1) is 0 Å². The molecule has 0 saturated carbocycles. The molecule has 0 radical (unpaired) electrons. The van der Waals surface area contributed by atoms with Crippen LogP contribution in [0.15, 0.2) is 59.4 Å². The Bertz CT molecular complexity index is 2050. The van der Waals surface area contributed by atoms with E-state index >= 15 is 0 Å². The molecule has 1 fully saturated rings. The largest absolute Gasteiger partial charge is 0.507 e. The van der Waals surface area contributed by atoms with Gasteiger partial charge in [0, 0.05) is 68.1 Å². The first kappa shape index (κ1) is 41.2. The van der Waals surface area contributed by atoms with Gasteiger partial charge >= 0.3 is 5.97 Å². The number of pyridine rings is 1. The lowest BCUT2D eigenvalue weighted by molar-refractivity contribution is -0.139. The third-order valence-electron chi connectivity index (χ3n) is 11.4. The van der Waals surface area contributed by atoms with Crippen LogP contribution in [-0.4, -0.2) is 75.6 Å². The van der Waals surface area contributed by atoms with Gasteiger partial charge in [-0.25, -0.2) is 4.79 Å². The minimum atomic E-state index is -0.950. The van der Waals surface area contributed by atoms with Gasteiger partial charge in [-0.1, -0.05) is 44.2 Å². The highest BCUT2D eigenvalue weighted by Crippen LogP contribution is 2.44. The number of aromatic nitrogens is 1. The topological polar surface area (TPSA) is 164 Å². The molecule has 6 rings (SSSR count). The lowest BCUT2D eigenvalue weighted by atomic mass is 9.82. The standard InChI is InChI=1S/C45H55N3O9/c1-27(2)20-36(44(54)47-24-29-21-32(26-47)37-14-9-15-40(52)48(37)25-29)46-39(51)23-35(30-16-18-34(56-4)19-17-30)42-38(50)22-31-11-6-5-7-12-33(49)13-8-10-28(3)57-45(55)41(31)43(42)53/h6,9,11,14-19,22,27-29,32,35-36,50,53H,5,7-8,10,12-13,20-21,23-26H2,1-4H3,(H,46,51)/b11-6+/t28-,29+,32-,35?,36?/m0/s1. The number of rotatable bonds is 9. The van der Waals surface area contributed by atoms with Gasteiger partial charge in [-0.2, -0.15) is 0 Å². The zero-order chi connectivity index (χ0) is 40.8. The van der Waals surface area contributed by atoms with Crippen molar-refractivity contribution in [2.75, 3.05) is 20.2 Å². The molecule has 3 N–H and O–H groups in total. The maximum Gasteiger partial charge on any atom is 0.342 e. The van der Waals surface area contributed by atoms with E-state index < -0.39 is 35.7 Å². The van der Waals surface area contributed by atoms with Gasteiger partial charge < -0.3 is 34.5 Å². The SMILES string of the molecule is COc1ccc(C(CC(=O)NC(CC(C)C)C(=O)N2C[C@H]3C[C@@H](C2)c2cccc(=O)n2C3)c2c(O)cc3c(c2O)C(=O)O[C@@H](C)CCCC(=O)CCC/C=C/3)cc1. The van der Waals surface area contributed by atoms with Crippen LogP contribution in [0.5, 0.6) is 17.2 Å². The van der Waals surface area contributed by atoms with Crippen molar-refractivity contribution in [3.63, 3.8) is 0 Å². The molecule has 1 saturated heterocycles. The number of nitrogens with one attached hydrogen (secondary N) is 1. The van der Waals surface area contributed by atoms with Crippen LogP contribution in [0.1, 0.15) is 123 Å². The summed E-state index contributed by atoms with van der Waals surface area (Å²) in [6.07, 6.45) is 6.92. The van der Waals surface area contributed by atoms with Gasteiger partial charge in [-0.3, -0.25) is 19.2 Å².